The van der Waals surface area contributed by atoms with E-state index in [-0.39, 0.29) is 11.5 Å². The van der Waals surface area contributed by atoms with Crippen LogP contribution in [0.4, 0.5) is 0 Å². The summed E-state index contributed by atoms with van der Waals surface area (Å²) in [6.07, 6.45) is 6.60. The molecule has 0 heterocycles. The molecule has 1 saturated carbocycles. The predicted molar refractivity (Wildman–Crippen MR) is 83.3 cm³/mol. The smallest absolute Gasteiger partial charge is 0.0349 e. The topological polar surface area (TPSA) is 26.0 Å². The maximum Gasteiger partial charge on any atom is 0.0349 e. The van der Waals surface area contributed by atoms with E-state index in [1.165, 1.54) is 43.2 Å². The summed E-state index contributed by atoms with van der Waals surface area (Å²) in [6.45, 7) is 9.13. The van der Waals surface area contributed by atoms with Crippen molar-refractivity contribution in [1.29, 1.82) is 0 Å². The molecule has 1 aliphatic rings. The van der Waals surface area contributed by atoms with Gasteiger partial charge in [0.05, 0.1) is 0 Å². The zero-order valence-corrected chi connectivity index (χ0v) is 13.0. The molecule has 2 N–H and O–H groups in total. The number of rotatable bonds is 2. The van der Waals surface area contributed by atoms with Crippen LogP contribution in [0.5, 0.6) is 0 Å². The van der Waals surface area contributed by atoms with Gasteiger partial charge in [0.15, 0.2) is 0 Å². The first-order valence-corrected chi connectivity index (χ1v) is 7.69. The van der Waals surface area contributed by atoms with Crippen LogP contribution in [0.25, 0.3) is 0 Å². The van der Waals surface area contributed by atoms with Gasteiger partial charge in [0.1, 0.15) is 0 Å². The molecular formula is C18H29N. The van der Waals surface area contributed by atoms with Crippen LogP contribution in [0.1, 0.15) is 77.0 Å². The van der Waals surface area contributed by atoms with Gasteiger partial charge in [-0.3, -0.25) is 0 Å². The molecule has 1 fully saturated rings. The van der Waals surface area contributed by atoms with E-state index in [4.69, 9.17) is 5.73 Å². The van der Waals surface area contributed by atoms with E-state index in [1.54, 1.807) is 0 Å². The Balaban J connectivity index is 2.17. The second-order valence-corrected chi connectivity index (χ2v) is 7.56. The van der Waals surface area contributed by atoms with E-state index in [0.29, 0.717) is 5.41 Å². The predicted octanol–water partition coefficient (Wildman–Crippen LogP) is 4.95. The summed E-state index contributed by atoms with van der Waals surface area (Å²) < 4.78 is 0. The minimum atomic E-state index is 0.182. The van der Waals surface area contributed by atoms with Crippen molar-refractivity contribution in [2.24, 2.45) is 11.1 Å². The molecule has 1 unspecified atom stereocenters. The minimum absolute atomic E-state index is 0.182. The first-order valence-electron chi connectivity index (χ1n) is 7.69. The first kappa shape index (κ1) is 14.6. The fraction of sp³-hybridized carbons (Fsp3) is 0.667. The third-order valence-corrected chi connectivity index (χ3v) is 4.88. The van der Waals surface area contributed by atoms with Crippen molar-refractivity contribution in [2.75, 3.05) is 0 Å². The molecule has 0 amide bonds. The van der Waals surface area contributed by atoms with Gasteiger partial charge in [-0.25, -0.2) is 0 Å². The third-order valence-electron chi connectivity index (χ3n) is 4.88. The Labute approximate surface area is 118 Å². The highest BCUT2D eigenvalue weighted by atomic mass is 14.7. The molecule has 19 heavy (non-hydrogen) atoms. The van der Waals surface area contributed by atoms with Gasteiger partial charge in [0.2, 0.25) is 0 Å². The minimum Gasteiger partial charge on any atom is -0.323 e. The zero-order valence-electron chi connectivity index (χ0n) is 13.0. The summed E-state index contributed by atoms with van der Waals surface area (Å²) in [5, 5.41) is 0. The van der Waals surface area contributed by atoms with Crippen LogP contribution < -0.4 is 5.73 Å². The van der Waals surface area contributed by atoms with Gasteiger partial charge in [-0.15, -0.1) is 0 Å². The van der Waals surface area contributed by atoms with E-state index in [1.807, 2.05) is 0 Å². The number of nitrogens with two attached hydrogens (primary N) is 1. The van der Waals surface area contributed by atoms with Crippen molar-refractivity contribution in [3.63, 3.8) is 0 Å². The maximum atomic E-state index is 6.56. The molecule has 1 aliphatic carbocycles. The third kappa shape index (κ3) is 3.20. The average Bonchev–Trinajstić information content (AvgIpc) is 2.38. The molecule has 1 aromatic rings. The Bertz CT molecular complexity index is 404. The van der Waals surface area contributed by atoms with Gasteiger partial charge < -0.3 is 5.73 Å². The molecule has 1 nitrogen and oxygen atoms in total. The fourth-order valence-corrected chi connectivity index (χ4v) is 3.26. The van der Waals surface area contributed by atoms with Crippen LogP contribution in [0, 0.1) is 5.41 Å². The van der Waals surface area contributed by atoms with Crippen molar-refractivity contribution in [1.82, 2.24) is 0 Å². The van der Waals surface area contributed by atoms with Gasteiger partial charge in [0.25, 0.3) is 0 Å². The van der Waals surface area contributed by atoms with Crippen LogP contribution in [0.3, 0.4) is 0 Å². The summed E-state index contributed by atoms with van der Waals surface area (Å²) in [7, 11) is 0. The summed E-state index contributed by atoms with van der Waals surface area (Å²) in [5.74, 6) is 0. The summed E-state index contributed by atoms with van der Waals surface area (Å²) in [5.41, 5.74) is 9.77. The lowest BCUT2D eigenvalue weighted by atomic mass is 9.69. The highest BCUT2D eigenvalue weighted by molar-refractivity contribution is 5.30. The lowest BCUT2D eigenvalue weighted by Gasteiger charge is -2.39. The highest BCUT2D eigenvalue weighted by Gasteiger charge is 2.34. The van der Waals surface area contributed by atoms with Crippen molar-refractivity contribution < 1.29 is 0 Å². The van der Waals surface area contributed by atoms with Crippen LogP contribution in [0.15, 0.2) is 24.3 Å². The molecular weight excluding hydrogens is 230 g/mol. The molecule has 1 atom stereocenters. The normalized spacial score (nSPS) is 21.1. The molecule has 1 aromatic carbocycles. The van der Waals surface area contributed by atoms with E-state index in [0.717, 1.165) is 0 Å². The molecule has 0 radical (unpaired) electrons. The van der Waals surface area contributed by atoms with E-state index >= 15 is 0 Å². The second kappa shape index (κ2) is 5.28. The Morgan fingerprint density at radius 1 is 1.00 bits per heavy atom. The van der Waals surface area contributed by atoms with Crippen molar-refractivity contribution in [2.45, 2.75) is 71.3 Å². The lowest BCUT2D eigenvalue weighted by Crippen LogP contribution is -2.33. The molecule has 1 heteroatoms. The standard InChI is InChI=1S/C18H29N/c1-17(2,3)15-10-8-14(9-11-15)16(19)18(4)12-6-5-7-13-18/h8-11,16H,5-7,12-13,19H2,1-4H3. The van der Waals surface area contributed by atoms with Crippen molar-refractivity contribution >= 4 is 0 Å². The number of hydrogen-bond acceptors (Lipinski definition) is 1. The molecule has 0 saturated heterocycles. The Morgan fingerprint density at radius 3 is 2.00 bits per heavy atom. The fourth-order valence-electron chi connectivity index (χ4n) is 3.26. The monoisotopic (exact) mass is 259 g/mol. The van der Waals surface area contributed by atoms with Gasteiger partial charge >= 0.3 is 0 Å². The SMILES string of the molecule is CC(C)(C)c1ccc(C(N)C2(C)CCCCC2)cc1. The molecule has 106 valence electrons. The second-order valence-electron chi connectivity index (χ2n) is 7.56. The average molecular weight is 259 g/mol. The molecule has 0 aliphatic heterocycles. The highest BCUT2D eigenvalue weighted by Crippen LogP contribution is 2.44. The Kier molecular flexibility index (Phi) is 4.06. The summed E-state index contributed by atoms with van der Waals surface area (Å²) in [4.78, 5) is 0. The van der Waals surface area contributed by atoms with Gasteiger partial charge in [-0.05, 0) is 34.8 Å². The van der Waals surface area contributed by atoms with Crippen LogP contribution in [0.2, 0.25) is 0 Å². The summed E-state index contributed by atoms with van der Waals surface area (Å²) >= 11 is 0. The van der Waals surface area contributed by atoms with E-state index in [2.05, 4.69) is 52.0 Å². The van der Waals surface area contributed by atoms with E-state index < -0.39 is 0 Å². The largest absolute Gasteiger partial charge is 0.323 e. The van der Waals surface area contributed by atoms with Crippen molar-refractivity contribution in [3.8, 4) is 0 Å². The van der Waals surface area contributed by atoms with Gasteiger partial charge in [0, 0.05) is 6.04 Å². The molecule has 0 bridgehead atoms. The van der Waals surface area contributed by atoms with Crippen LogP contribution >= 0.6 is 0 Å². The van der Waals surface area contributed by atoms with Crippen LogP contribution in [-0.4, -0.2) is 0 Å². The summed E-state index contributed by atoms with van der Waals surface area (Å²) in [6, 6.07) is 9.17. The van der Waals surface area contributed by atoms with Crippen molar-refractivity contribution in [3.05, 3.63) is 35.4 Å². The van der Waals surface area contributed by atoms with Gasteiger partial charge in [-0.2, -0.15) is 0 Å². The van der Waals surface area contributed by atoms with E-state index in [9.17, 15) is 0 Å². The number of hydrogen-bond donors (Lipinski definition) is 1. The van der Waals surface area contributed by atoms with Crippen LogP contribution in [-0.2, 0) is 5.41 Å². The Hall–Kier alpha value is -0.820. The maximum absolute atomic E-state index is 6.56. The molecule has 2 rings (SSSR count). The number of benzene rings is 1. The molecule has 0 aromatic heterocycles. The Morgan fingerprint density at radius 2 is 1.53 bits per heavy atom. The lowest BCUT2D eigenvalue weighted by molar-refractivity contribution is 0.170. The zero-order chi connectivity index (χ0) is 14.1. The van der Waals surface area contributed by atoms with Gasteiger partial charge in [-0.1, -0.05) is 71.2 Å². The first-order chi connectivity index (χ1) is 8.83. The quantitative estimate of drug-likeness (QED) is 0.798. The molecule has 0 spiro atoms.